The Balaban J connectivity index is 1.76. The summed E-state index contributed by atoms with van der Waals surface area (Å²) in [6.45, 7) is 0.0740. The van der Waals surface area contributed by atoms with Gasteiger partial charge in [0.15, 0.2) is 0 Å². The lowest BCUT2D eigenvalue weighted by Gasteiger charge is -2.31. The molecule has 0 N–H and O–H groups in total. The second-order valence-corrected chi connectivity index (χ2v) is 6.51. The van der Waals surface area contributed by atoms with Gasteiger partial charge in [0, 0.05) is 13.1 Å². The highest BCUT2D eigenvalue weighted by Gasteiger charge is 2.22. The van der Waals surface area contributed by atoms with Crippen molar-refractivity contribution in [3.63, 3.8) is 0 Å². The van der Waals surface area contributed by atoms with Gasteiger partial charge in [0.25, 0.3) is 5.56 Å². The fourth-order valence-electron chi connectivity index (χ4n) is 2.94. The summed E-state index contributed by atoms with van der Waals surface area (Å²) in [6, 6.07) is 2.08. The molecule has 0 unspecified atom stereocenters. The van der Waals surface area contributed by atoms with E-state index in [1.807, 2.05) is 17.3 Å². The lowest BCUT2D eigenvalue weighted by molar-refractivity contribution is -0.133. The Labute approximate surface area is 127 Å². The fraction of sp³-hybridized carbons (Fsp3) is 0.533. The van der Waals surface area contributed by atoms with E-state index in [0.717, 1.165) is 17.7 Å². The molecule has 0 spiro atoms. The van der Waals surface area contributed by atoms with Crippen LogP contribution in [0.2, 0.25) is 0 Å². The van der Waals surface area contributed by atoms with Gasteiger partial charge >= 0.3 is 0 Å². The molecule has 2 heterocycles. The molecule has 21 heavy (non-hydrogen) atoms. The molecular formula is C15H19N3O2S. The van der Waals surface area contributed by atoms with Crippen molar-refractivity contribution in [2.45, 2.75) is 44.7 Å². The summed E-state index contributed by atoms with van der Waals surface area (Å²) < 4.78 is 1.41. The number of hydrogen-bond donors (Lipinski definition) is 0. The normalized spacial score (nSPS) is 16.2. The molecule has 0 atom stereocenters. The zero-order valence-electron chi connectivity index (χ0n) is 12.1. The van der Waals surface area contributed by atoms with E-state index < -0.39 is 0 Å². The largest absolute Gasteiger partial charge is 0.341 e. The topological polar surface area (TPSA) is 55.2 Å². The van der Waals surface area contributed by atoms with E-state index in [2.05, 4.69) is 4.98 Å². The molecule has 0 saturated heterocycles. The molecule has 0 radical (unpaired) electrons. The minimum atomic E-state index is -0.133. The third kappa shape index (κ3) is 2.85. The van der Waals surface area contributed by atoms with Crippen LogP contribution in [-0.2, 0) is 11.3 Å². The minimum Gasteiger partial charge on any atom is -0.341 e. The predicted molar refractivity (Wildman–Crippen MR) is 83.5 cm³/mol. The summed E-state index contributed by atoms with van der Waals surface area (Å²) in [5.74, 6) is -0.0135. The highest BCUT2D eigenvalue weighted by molar-refractivity contribution is 7.16. The van der Waals surface area contributed by atoms with Gasteiger partial charge in [0.1, 0.15) is 11.4 Å². The first-order chi connectivity index (χ1) is 10.2. The van der Waals surface area contributed by atoms with Crippen LogP contribution >= 0.6 is 11.3 Å². The summed E-state index contributed by atoms with van der Waals surface area (Å²) in [4.78, 5) is 31.4. The molecule has 5 nitrogen and oxygen atoms in total. The van der Waals surface area contributed by atoms with Crippen molar-refractivity contribution >= 4 is 27.5 Å². The monoisotopic (exact) mass is 305 g/mol. The van der Waals surface area contributed by atoms with Gasteiger partial charge < -0.3 is 4.90 Å². The van der Waals surface area contributed by atoms with Gasteiger partial charge in [-0.15, -0.1) is 11.3 Å². The summed E-state index contributed by atoms with van der Waals surface area (Å²) in [5.41, 5.74) is -0.133. The Morgan fingerprint density at radius 1 is 1.43 bits per heavy atom. The average molecular weight is 305 g/mol. The standard InChI is InChI=1S/C15H19N3O2S/c1-17(11-5-3-2-4-6-11)13(19)9-18-10-16-14-12(15(18)20)7-8-21-14/h7-8,10-11H,2-6,9H2,1H3. The third-order valence-corrected chi connectivity index (χ3v) is 5.09. The molecule has 6 heteroatoms. The Hall–Kier alpha value is -1.69. The number of carbonyl (C=O) groups is 1. The van der Waals surface area contributed by atoms with Crippen molar-refractivity contribution < 1.29 is 4.79 Å². The lowest BCUT2D eigenvalue weighted by Crippen LogP contribution is -2.41. The first-order valence-corrected chi connectivity index (χ1v) is 8.23. The van der Waals surface area contributed by atoms with Crippen LogP contribution in [0.1, 0.15) is 32.1 Å². The van der Waals surface area contributed by atoms with Gasteiger partial charge in [0.2, 0.25) is 5.91 Å². The van der Waals surface area contributed by atoms with E-state index >= 15 is 0 Å². The predicted octanol–water partition coefficient (Wildman–Crippen LogP) is 2.25. The van der Waals surface area contributed by atoms with Crippen molar-refractivity contribution in [2.24, 2.45) is 0 Å². The number of aromatic nitrogens is 2. The quantitative estimate of drug-likeness (QED) is 0.874. The third-order valence-electron chi connectivity index (χ3n) is 4.27. The average Bonchev–Trinajstić information content (AvgIpc) is 2.99. The molecule has 112 valence electrons. The van der Waals surface area contributed by atoms with Crippen molar-refractivity contribution in [1.82, 2.24) is 14.5 Å². The minimum absolute atomic E-state index is 0.0135. The molecule has 0 aliphatic heterocycles. The molecule has 1 aliphatic carbocycles. The van der Waals surface area contributed by atoms with Crippen molar-refractivity contribution in [1.29, 1.82) is 0 Å². The Morgan fingerprint density at radius 2 is 2.19 bits per heavy atom. The van der Waals surface area contributed by atoms with Crippen molar-refractivity contribution in [3.8, 4) is 0 Å². The summed E-state index contributed by atoms with van der Waals surface area (Å²) in [6.07, 6.45) is 7.25. The summed E-state index contributed by atoms with van der Waals surface area (Å²) >= 11 is 1.44. The fourth-order valence-corrected chi connectivity index (χ4v) is 3.66. The van der Waals surface area contributed by atoms with Crippen LogP contribution < -0.4 is 5.56 Å². The van der Waals surface area contributed by atoms with Gasteiger partial charge in [-0.05, 0) is 24.3 Å². The number of rotatable bonds is 3. The maximum atomic E-state index is 12.4. The lowest BCUT2D eigenvalue weighted by atomic mass is 9.94. The first-order valence-electron chi connectivity index (χ1n) is 7.35. The number of carbonyl (C=O) groups excluding carboxylic acids is 1. The van der Waals surface area contributed by atoms with Crippen LogP contribution in [0.4, 0.5) is 0 Å². The maximum absolute atomic E-state index is 12.4. The molecule has 1 aliphatic rings. The molecule has 2 aromatic heterocycles. The summed E-state index contributed by atoms with van der Waals surface area (Å²) in [5, 5.41) is 2.44. The van der Waals surface area contributed by atoms with Gasteiger partial charge in [-0.3, -0.25) is 14.2 Å². The van der Waals surface area contributed by atoms with E-state index in [4.69, 9.17) is 0 Å². The molecule has 1 fully saturated rings. The van der Waals surface area contributed by atoms with Gasteiger partial charge in [-0.1, -0.05) is 19.3 Å². The van der Waals surface area contributed by atoms with Crippen LogP contribution in [-0.4, -0.2) is 33.4 Å². The molecule has 1 saturated carbocycles. The second kappa shape index (κ2) is 5.97. The van der Waals surface area contributed by atoms with Crippen molar-refractivity contribution in [3.05, 3.63) is 28.1 Å². The number of nitrogens with zero attached hydrogens (tertiary/aromatic N) is 3. The molecule has 0 aromatic carbocycles. The Morgan fingerprint density at radius 3 is 2.95 bits per heavy atom. The molecule has 0 bridgehead atoms. The van der Waals surface area contributed by atoms with Crippen LogP contribution in [0.3, 0.4) is 0 Å². The maximum Gasteiger partial charge on any atom is 0.262 e. The van der Waals surface area contributed by atoms with E-state index in [9.17, 15) is 9.59 Å². The highest BCUT2D eigenvalue weighted by atomic mass is 32.1. The van der Waals surface area contributed by atoms with E-state index in [0.29, 0.717) is 11.4 Å². The summed E-state index contributed by atoms with van der Waals surface area (Å²) in [7, 11) is 1.85. The molecular weight excluding hydrogens is 286 g/mol. The number of thiophene rings is 1. The number of fused-ring (bicyclic) bond motifs is 1. The molecule has 2 aromatic rings. The van der Waals surface area contributed by atoms with Crippen LogP contribution in [0.15, 0.2) is 22.6 Å². The van der Waals surface area contributed by atoms with E-state index in [1.165, 1.54) is 41.5 Å². The first kappa shape index (κ1) is 14.3. The Bertz CT molecular complexity index is 700. The van der Waals surface area contributed by atoms with Crippen molar-refractivity contribution in [2.75, 3.05) is 7.05 Å². The van der Waals surface area contributed by atoms with Gasteiger partial charge in [-0.2, -0.15) is 0 Å². The van der Waals surface area contributed by atoms with Crippen LogP contribution in [0.25, 0.3) is 10.2 Å². The zero-order valence-corrected chi connectivity index (χ0v) is 12.9. The highest BCUT2D eigenvalue weighted by Crippen LogP contribution is 2.21. The second-order valence-electron chi connectivity index (χ2n) is 5.61. The number of likely N-dealkylation sites (N-methyl/N-ethyl adjacent to an activating group) is 1. The number of amides is 1. The van der Waals surface area contributed by atoms with E-state index in [-0.39, 0.29) is 18.0 Å². The Kier molecular flexibility index (Phi) is 4.05. The molecule has 3 rings (SSSR count). The number of hydrogen-bond acceptors (Lipinski definition) is 4. The van der Waals surface area contributed by atoms with Crippen LogP contribution in [0, 0.1) is 0 Å². The SMILES string of the molecule is CN(C(=O)Cn1cnc2sccc2c1=O)C1CCCCC1. The zero-order chi connectivity index (χ0) is 14.8. The molecule has 1 amide bonds. The van der Waals surface area contributed by atoms with Gasteiger partial charge in [-0.25, -0.2) is 4.98 Å². The smallest absolute Gasteiger partial charge is 0.262 e. The van der Waals surface area contributed by atoms with Gasteiger partial charge in [0.05, 0.1) is 11.7 Å². The van der Waals surface area contributed by atoms with E-state index in [1.54, 1.807) is 6.07 Å². The van der Waals surface area contributed by atoms with Crippen LogP contribution in [0.5, 0.6) is 0 Å².